The van der Waals surface area contributed by atoms with Gasteiger partial charge < -0.3 is 5.32 Å². The average molecular weight is 359 g/mol. The van der Waals surface area contributed by atoms with Gasteiger partial charge in [0.25, 0.3) is 0 Å². The molecule has 0 aromatic heterocycles. The molecular weight excluding hydrogens is 322 g/mol. The van der Waals surface area contributed by atoms with Gasteiger partial charge in [-0.15, -0.1) is 0 Å². The Labute approximate surface area is 154 Å². The number of rotatable bonds is 7. The Hall–Kier alpha value is -0.806. The van der Waals surface area contributed by atoms with Gasteiger partial charge in [0.05, 0.1) is 18.3 Å². The third-order valence-corrected chi connectivity index (χ3v) is 13.4. The summed E-state index contributed by atoms with van der Waals surface area (Å²) >= 11 is 0. The molecule has 0 amide bonds. The summed E-state index contributed by atoms with van der Waals surface area (Å²) in [6.45, 7) is 21.1. The predicted octanol–water partition coefficient (Wildman–Crippen LogP) is 5.84. The molecule has 3 radical (unpaired) electrons. The number of allylic oxidation sites excluding steroid dienone is 1. The molecule has 1 rings (SSSR count). The van der Waals surface area contributed by atoms with E-state index in [0.29, 0.717) is 22.7 Å². The van der Waals surface area contributed by atoms with E-state index in [1.165, 1.54) is 16.5 Å². The normalized spacial score (nSPS) is 15.0. The fraction of sp³-hybridized carbons (Fsp3) is 0.619. The Morgan fingerprint density at radius 1 is 0.875 bits per heavy atom. The van der Waals surface area contributed by atoms with Crippen molar-refractivity contribution in [1.82, 2.24) is 0 Å². The maximum atomic E-state index is 3.81. The number of hydrogen-bond acceptors (Lipinski definition) is 1. The maximum absolute atomic E-state index is 3.81. The van der Waals surface area contributed by atoms with Crippen molar-refractivity contribution in [1.29, 1.82) is 0 Å². The van der Waals surface area contributed by atoms with E-state index >= 15 is 0 Å². The van der Waals surface area contributed by atoms with Gasteiger partial charge in [-0.2, -0.15) is 0 Å². The molecule has 1 aromatic rings. The average Bonchev–Trinajstić information content (AvgIpc) is 2.47. The molecule has 0 fully saturated rings. The van der Waals surface area contributed by atoms with Crippen molar-refractivity contribution in [3.8, 4) is 0 Å². The van der Waals surface area contributed by atoms with Crippen molar-refractivity contribution in [2.45, 2.75) is 85.0 Å². The van der Waals surface area contributed by atoms with Crippen molar-refractivity contribution in [2.24, 2.45) is 0 Å². The molecule has 1 aromatic carbocycles. The summed E-state index contributed by atoms with van der Waals surface area (Å²) in [6, 6.07) is 9.37. The van der Waals surface area contributed by atoms with Crippen LogP contribution in [-0.2, 0) is 0 Å². The SMILES string of the molecule is CC([Si])=C(C)C(C)Nc1ccccc1[Si](C(C)C)(C(C)C)C(C)C. The first-order valence-electron chi connectivity index (χ1n) is 9.31. The van der Waals surface area contributed by atoms with Crippen LogP contribution in [0, 0.1) is 0 Å². The summed E-state index contributed by atoms with van der Waals surface area (Å²) in [5.41, 5.74) is 4.83. The molecule has 1 unspecified atom stereocenters. The molecule has 0 saturated heterocycles. The highest BCUT2D eigenvalue weighted by Gasteiger charge is 2.45. The van der Waals surface area contributed by atoms with Crippen LogP contribution in [0.25, 0.3) is 0 Å². The first-order valence-corrected chi connectivity index (χ1v) is 12.0. The van der Waals surface area contributed by atoms with Gasteiger partial charge >= 0.3 is 0 Å². The van der Waals surface area contributed by atoms with Gasteiger partial charge in [0.15, 0.2) is 0 Å². The second kappa shape index (κ2) is 8.53. The summed E-state index contributed by atoms with van der Waals surface area (Å²) < 4.78 is 0. The molecule has 1 N–H and O–H groups in total. The molecular formula is C21H36NSi2. The monoisotopic (exact) mass is 358 g/mol. The molecule has 0 spiro atoms. The number of nitrogens with one attached hydrogen (secondary N) is 1. The van der Waals surface area contributed by atoms with Gasteiger partial charge in [-0.1, -0.05) is 70.5 Å². The molecule has 0 aliphatic heterocycles. The lowest BCUT2D eigenvalue weighted by molar-refractivity contribution is 0.834. The molecule has 1 nitrogen and oxygen atoms in total. The quantitative estimate of drug-likeness (QED) is 0.604. The zero-order chi connectivity index (χ0) is 18.7. The molecule has 0 bridgehead atoms. The molecule has 24 heavy (non-hydrogen) atoms. The first kappa shape index (κ1) is 21.2. The van der Waals surface area contributed by atoms with E-state index in [9.17, 15) is 0 Å². The standard InChI is InChI=1S/C21H36NSi2/c1-14(2)24(15(3)4,16(5)6)21-13-11-10-12-20(21)22-18(8)17(7)19(9)23/h10-16,18,22H,1-9H3. The summed E-state index contributed by atoms with van der Waals surface area (Å²) in [5, 5.41) is 6.62. The topological polar surface area (TPSA) is 12.0 Å². The molecule has 1 atom stereocenters. The van der Waals surface area contributed by atoms with E-state index in [4.69, 9.17) is 0 Å². The van der Waals surface area contributed by atoms with Gasteiger partial charge in [-0.25, -0.2) is 0 Å². The molecule has 3 heteroatoms. The fourth-order valence-corrected chi connectivity index (χ4v) is 11.7. The van der Waals surface area contributed by atoms with Gasteiger partial charge in [0, 0.05) is 11.7 Å². The van der Waals surface area contributed by atoms with Crippen molar-refractivity contribution in [3.05, 3.63) is 35.0 Å². The molecule has 0 heterocycles. The van der Waals surface area contributed by atoms with Crippen molar-refractivity contribution in [3.63, 3.8) is 0 Å². The lowest BCUT2D eigenvalue weighted by atomic mass is 10.1. The molecule has 0 saturated carbocycles. The molecule has 0 aliphatic carbocycles. The van der Waals surface area contributed by atoms with Gasteiger partial charge in [-0.05, 0) is 48.6 Å². The van der Waals surface area contributed by atoms with Crippen LogP contribution in [0.4, 0.5) is 5.69 Å². The van der Waals surface area contributed by atoms with Crippen LogP contribution >= 0.6 is 0 Å². The van der Waals surface area contributed by atoms with Crippen LogP contribution in [0.2, 0.25) is 16.6 Å². The number of benzene rings is 1. The van der Waals surface area contributed by atoms with E-state index in [2.05, 4.69) is 102 Å². The first-order chi connectivity index (χ1) is 11.1. The van der Waals surface area contributed by atoms with Crippen LogP contribution in [-0.4, -0.2) is 24.4 Å². The summed E-state index contributed by atoms with van der Waals surface area (Å²) in [6.07, 6.45) is 0. The summed E-state index contributed by atoms with van der Waals surface area (Å²) in [7, 11) is 2.01. The van der Waals surface area contributed by atoms with E-state index < -0.39 is 8.07 Å². The lowest BCUT2D eigenvalue weighted by Crippen LogP contribution is -2.56. The van der Waals surface area contributed by atoms with Gasteiger partial charge in [0.2, 0.25) is 0 Å². The highest BCUT2D eigenvalue weighted by Crippen LogP contribution is 2.42. The Kier molecular flexibility index (Phi) is 7.54. The van der Waals surface area contributed by atoms with E-state index in [0.717, 1.165) is 0 Å². The Morgan fingerprint density at radius 3 is 1.75 bits per heavy atom. The zero-order valence-electron chi connectivity index (χ0n) is 17.1. The molecule has 0 aliphatic rings. The highest BCUT2D eigenvalue weighted by atomic mass is 28.3. The smallest absolute Gasteiger partial charge is 0.0969 e. The zero-order valence-corrected chi connectivity index (χ0v) is 19.1. The van der Waals surface area contributed by atoms with Crippen LogP contribution in [0.5, 0.6) is 0 Å². The Balaban J connectivity index is 3.47. The minimum absolute atomic E-state index is 0.321. The summed E-state index contributed by atoms with van der Waals surface area (Å²) in [5.74, 6) is 0. The molecule has 133 valence electrons. The minimum Gasteiger partial charge on any atom is -0.379 e. The Bertz CT molecular complexity index is 547. The Morgan fingerprint density at radius 2 is 1.33 bits per heavy atom. The number of para-hydroxylation sites is 1. The minimum atomic E-state index is -1.67. The fourth-order valence-electron chi connectivity index (χ4n) is 4.59. The van der Waals surface area contributed by atoms with Gasteiger partial charge in [-0.3, -0.25) is 0 Å². The summed E-state index contributed by atoms with van der Waals surface area (Å²) in [4.78, 5) is 0. The van der Waals surface area contributed by atoms with Crippen molar-refractivity contribution < 1.29 is 0 Å². The highest BCUT2D eigenvalue weighted by molar-refractivity contribution is 6.95. The van der Waals surface area contributed by atoms with Crippen LogP contribution in [0.15, 0.2) is 35.0 Å². The second-order valence-electron chi connectivity index (χ2n) is 8.12. The third-order valence-electron chi connectivity index (χ3n) is 5.87. The third kappa shape index (κ3) is 4.05. The maximum Gasteiger partial charge on any atom is 0.0969 e. The van der Waals surface area contributed by atoms with Crippen molar-refractivity contribution >= 4 is 29.2 Å². The number of hydrogen-bond donors (Lipinski definition) is 1. The van der Waals surface area contributed by atoms with Crippen molar-refractivity contribution in [2.75, 3.05) is 5.32 Å². The lowest BCUT2D eigenvalue weighted by Gasteiger charge is -2.45. The second-order valence-corrected chi connectivity index (χ2v) is 14.7. The van der Waals surface area contributed by atoms with E-state index in [-0.39, 0.29) is 0 Å². The van der Waals surface area contributed by atoms with Crippen LogP contribution in [0.1, 0.15) is 62.3 Å². The van der Waals surface area contributed by atoms with E-state index in [1.807, 2.05) is 0 Å². The van der Waals surface area contributed by atoms with Gasteiger partial charge in [0.1, 0.15) is 0 Å². The van der Waals surface area contributed by atoms with E-state index in [1.54, 1.807) is 5.19 Å². The predicted molar refractivity (Wildman–Crippen MR) is 114 cm³/mol. The van der Waals surface area contributed by atoms with Crippen LogP contribution < -0.4 is 10.5 Å². The largest absolute Gasteiger partial charge is 0.379 e. The van der Waals surface area contributed by atoms with Crippen LogP contribution in [0.3, 0.4) is 0 Å². The number of anilines is 1.